The second-order valence-corrected chi connectivity index (χ2v) is 7.23. The van der Waals surface area contributed by atoms with E-state index < -0.39 is 7.82 Å². The van der Waals surface area contributed by atoms with E-state index in [1.54, 1.807) is 6.07 Å². The van der Waals surface area contributed by atoms with Crippen LogP contribution in [0, 0.1) is 0 Å². The van der Waals surface area contributed by atoms with Crippen molar-refractivity contribution in [3.05, 3.63) is 29.8 Å². The van der Waals surface area contributed by atoms with Crippen molar-refractivity contribution in [3.63, 3.8) is 0 Å². The smallest absolute Gasteiger partial charge is 0.402 e. The summed E-state index contributed by atoms with van der Waals surface area (Å²) in [6.45, 7) is 2.69. The van der Waals surface area contributed by atoms with E-state index in [9.17, 15) is 4.57 Å². The Hall–Kier alpha value is -0.870. The minimum Gasteiger partial charge on any atom is -0.402 e. The summed E-state index contributed by atoms with van der Waals surface area (Å²) in [6, 6.07) is 7.58. The lowest BCUT2D eigenvalue weighted by Crippen LogP contribution is -2.14. The van der Waals surface area contributed by atoms with E-state index in [2.05, 4.69) is 6.92 Å². The van der Waals surface area contributed by atoms with Gasteiger partial charge in [0.2, 0.25) is 0 Å². The van der Waals surface area contributed by atoms with Crippen LogP contribution in [0.2, 0.25) is 0 Å². The molecule has 5 nitrogen and oxygen atoms in total. The molecule has 1 saturated heterocycles. The molecule has 0 radical (unpaired) electrons. The predicted molar refractivity (Wildman–Crippen MR) is 89.4 cm³/mol. The molecule has 0 amide bonds. The molecule has 1 aliphatic rings. The Morgan fingerprint density at radius 1 is 1.04 bits per heavy atom. The maximum atomic E-state index is 12.2. The second kappa shape index (κ2) is 10.1. The molecule has 1 heterocycles. The van der Waals surface area contributed by atoms with Gasteiger partial charge in [0, 0.05) is 0 Å². The Morgan fingerprint density at radius 3 is 2.52 bits per heavy atom. The molecular formula is C17H27O5P. The molecule has 6 heteroatoms. The minimum absolute atomic E-state index is 0.206. The van der Waals surface area contributed by atoms with Crippen molar-refractivity contribution in [2.24, 2.45) is 0 Å². The lowest BCUT2D eigenvalue weighted by atomic mass is 10.0. The summed E-state index contributed by atoms with van der Waals surface area (Å²) < 4.78 is 27.5. The van der Waals surface area contributed by atoms with Crippen molar-refractivity contribution in [2.75, 3.05) is 13.2 Å². The Morgan fingerprint density at radius 2 is 1.78 bits per heavy atom. The summed E-state index contributed by atoms with van der Waals surface area (Å²) in [5, 5.41) is 0. The van der Waals surface area contributed by atoms with Gasteiger partial charge in [-0.1, -0.05) is 63.6 Å². The molecule has 0 N–H and O–H groups in total. The van der Waals surface area contributed by atoms with Gasteiger partial charge in [-0.2, -0.15) is 0 Å². The highest BCUT2D eigenvalue weighted by atomic mass is 31.2. The van der Waals surface area contributed by atoms with Gasteiger partial charge in [-0.15, -0.1) is 4.67 Å². The van der Waals surface area contributed by atoms with E-state index in [0.29, 0.717) is 5.75 Å². The molecular weight excluding hydrogens is 315 g/mol. The highest BCUT2D eigenvalue weighted by Gasteiger charge is 2.34. The number of rotatable bonds is 10. The minimum atomic E-state index is -3.64. The van der Waals surface area contributed by atoms with Crippen molar-refractivity contribution in [2.45, 2.75) is 58.3 Å². The number of hydrogen-bond acceptors (Lipinski definition) is 5. The van der Waals surface area contributed by atoms with Gasteiger partial charge in [-0.3, -0.25) is 4.52 Å². The van der Waals surface area contributed by atoms with Crippen LogP contribution < -0.4 is 4.52 Å². The largest absolute Gasteiger partial charge is 0.557 e. The molecule has 0 bridgehead atoms. The number of benzene rings is 1. The van der Waals surface area contributed by atoms with Crippen molar-refractivity contribution in [1.29, 1.82) is 0 Å². The summed E-state index contributed by atoms with van der Waals surface area (Å²) >= 11 is 0. The van der Waals surface area contributed by atoms with Crippen LogP contribution >= 0.6 is 7.82 Å². The molecule has 1 unspecified atom stereocenters. The van der Waals surface area contributed by atoms with E-state index in [1.807, 2.05) is 18.2 Å². The highest BCUT2D eigenvalue weighted by Crippen LogP contribution is 2.51. The zero-order valence-electron chi connectivity index (χ0n) is 13.9. The Kier molecular flexibility index (Phi) is 8.10. The molecule has 0 aliphatic carbocycles. The molecule has 2 rings (SSSR count). The van der Waals surface area contributed by atoms with Gasteiger partial charge in [0.15, 0.2) is 0 Å². The molecule has 0 spiro atoms. The van der Waals surface area contributed by atoms with E-state index in [-0.39, 0.29) is 13.2 Å². The van der Waals surface area contributed by atoms with Gasteiger partial charge in [-0.05, 0) is 24.5 Å². The third-order valence-corrected chi connectivity index (χ3v) is 5.00. The molecule has 23 heavy (non-hydrogen) atoms. The van der Waals surface area contributed by atoms with Crippen LogP contribution in [-0.4, -0.2) is 13.2 Å². The van der Waals surface area contributed by atoms with Gasteiger partial charge in [0.05, 0.1) is 6.61 Å². The summed E-state index contributed by atoms with van der Waals surface area (Å²) in [5.74, 6) is 0.548. The molecule has 130 valence electrons. The van der Waals surface area contributed by atoms with E-state index in [0.717, 1.165) is 18.4 Å². The first-order valence-electron chi connectivity index (χ1n) is 8.57. The number of aryl methyl sites for hydroxylation is 1. The molecule has 1 aromatic carbocycles. The standard InChI is InChI=1S/C17H27O5P/c1-2-3-4-5-6-7-8-11-16-12-9-10-13-17(16)21-23(18)20-15-14-19-22-23/h9-10,12-13H,2-8,11,14-15H2,1H3. The van der Waals surface area contributed by atoms with Gasteiger partial charge in [0.25, 0.3) is 0 Å². The first-order valence-corrected chi connectivity index (χ1v) is 10.0. The van der Waals surface area contributed by atoms with E-state index in [1.165, 1.54) is 38.5 Å². The maximum Gasteiger partial charge on any atom is 0.557 e. The van der Waals surface area contributed by atoms with Crippen LogP contribution in [0.15, 0.2) is 24.3 Å². The Labute approximate surface area is 138 Å². The van der Waals surface area contributed by atoms with Crippen LogP contribution in [0.4, 0.5) is 0 Å². The molecule has 1 aliphatic heterocycles. The number of phosphoric ester groups is 1. The van der Waals surface area contributed by atoms with Crippen molar-refractivity contribution in [1.82, 2.24) is 0 Å². The third kappa shape index (κ3) is 6.64. The number of hydrogen-bond donors (Lipinski definition) is 0. The lowest BCUT2D eigenvalue weighted by Gasteiger charge is -2.22. The van der Waals surface area contributed by atoms with Crippen molar-refractivity contribution < 1.29 is 23.2 Å². The van der Waals surface area contributed by atoms with Gasteiger partial charge in [-0.25, -0.2) is 9.45 Å². The van der Waals surface area contributed by atoms with Gasteiger partial charge < -0.3 is 4.52 Å². The average Bonchev–Trinajstić information content (AvgIpc) is 2.56. The molecule has 1 fully saturated rings. The summed E-state index contributed by atoms with van der Waals surface area (Å²) in [6.07, 6.45) is 9.69. The zero-order chi connectivity index (χ0) is 16.4. The summed E-state index contributed by atoms with van der Waals surface area (Å²) in [5.41, 5.74) is 1.02. The first-order chi connectivity index (χ1) is 11.2. The monoisotopic (exact) mass is 342 g/mol. The van der Waals surface area contributed by atoms with E-state index >= 15 is 0 Å². The fourth-order valence-electron chi connectivity index (χ4n) is 2.54. The Balaban J connectivity index is 1.79. The zero-order valence-corrected chi connectivity index (χ0v) is 14.8. The quantitative estimate of drug-likeness (QED) is 0.322. The number of phosphoric acid groups is 1. The molecule has 0 saturated carbocycles. The van der Waals surface area contributed by atoms with Gasteiger partial charge in [0.1, 0.15) is 12.4 Å². The van der Waals surface area contributed by atoms with Crippen LogP contribution in [-0.2, 0) is 25.1 Å². The van der Waals surface area contributed by atoms with Crippen LogP contribution in [0.3, 0.4) is 0 Å². The fraction of sp³-hybridized carbons (Fsp3) is 0.647. The summed E-state index contributed by atoms with van der Waals surface area (Å²) in [7, 11) is -3.64. The predicted octanol–water partition coefficient (Wildman–Crippen LogP) is 5.45. The number of para-hydroxylation sites is 1. The van der Waals surface area contributed by atoms with Crippen LogP contribution in [0.1, 0.15) is 57.4 Å². The lowest BCUT2D eigenvalue weighted by molar-refractivity contribution is -0.249. The van der Waals surface area contributed by atoms with Crippen LogP contribution in [0.5, 0.6) is 5.75 Å². The molecule has 1 aromatic rings. The second-order valence-electron chi connectivity index (χ2n) is 5.75. The highest BCUT2D eigenvalue weighted by molar-refractivity contribution is 7.48. The fourth-order valence-corrected chi connectivity index (χ4v) is 3.59. The van der Waals surface area contributed by atoms with Crippen LogP contribution in [0.25, 0.3) is 0 Å². The third-order valence-electron chi connectivity index (χ3n) is 3.79. The Bertz CT molecular complexity index is 496. The van der Waals surface area contributed by atoms with Crippen molar-refractivity contribution >= 4 is 7.82 Å². The maximum absolute atomic E-state index is 12.2. The normalized spacial score (nSPS) is 21.3. The van der Waals surface area contributed by atoms with E-state index in [4.69, 9.17) is 18.6 Å². The average molecular weight is 342 g/mol. The van der Waals surface area contributed by atoms with Crippen molar-refractivity contribution in [3.8, 4) is 5.75 Å². The summed E-state index contributed by atoms with van der Waals surface area (Å²) in [4.78, 5) is 4.73. The van der Waals surface area contributed by atoms with Gasteiger partial charge >= 0.3 is 7.82 Å². The number of unbranched alkanes of at least 4 members (excludes halogenated alkanes) is 6. The first kappa shape index (κ1) is 18.5. The topological polar surface area (TPSA) is 54.0 Å². The molecule has 1 atom stereocenters. The molecule has 0 aromatic heterocycles. The SMILES string of the molecule is CCCCCCCCCc1ccccc1OP1(=O)OCCOO1.